The Morgan fingerprint density at radius 3 is 2.76 bits per heavy atom. The van der Waals surface area contributed by atoms with Gasteiger partial charge in [0, 0.05) is 11.4 Å². The quantitative estimate of drug-likeness (QED) is 0.888. The molecule has 1 amide bonds. The van der Waals surface area contributed by atoms with Crippen molar-refractivity contribution in [1.82, 2.24) is 10.3 Å². The number of hydrogen-bond acceptors (Lipinski definition) is 2. The first kappa shape index (κ1) is 11.9. The minimum Gasteiger partial charge on any atom is -0.349 e. The van der Waals surface area contributed by atoms with Crippen molar-refractivity contribution < 1.29 is 4.79 Å². The fourth-order valence-corrected chi connectivity index (χ4v) is 1.80. The third-order valence-electron chi connectivity index (χ3n) is 2.32. The van der Waals surface area contributed by atoms with E-state index in [1.54, 1.807) is 12.1 Å². The fraction of sp³-hybridized carbons (Fsp3) is 0.231. The van der Waals surface area contributed by atoms with Gasteiger partial charge in [-0.1, -0.05) is 29.8 Å². The molecule has 2 rings (SSSR count). The van der Waals surface area contributed by atoms with Crippen LogP contribution in [0.4, 0.5) is 0 Å². The van der Waals surface area contributed by atoms with Crippen LogP contribution < -0.4 is 5.32 Å². The highest BCUT2D eigenvalue weighted by Gasteiger charge is 2.10. The zero-order valence-electron chi connectivity index (χ0n) is 9.70. The molecule has 1 aromatic carbocycles. The van der Waals surface area contributed by atoms with E-state index < -0.39 is 0 Å². The average Bonchev–Trinajstić information content (AvgIpc) is 2.28. The predicted octanol–water partition coefficient (Wildman–Crippen LogP) is 3.03. The highest BCUT2D eigenvalue weighted by molar-refractivity contribution is 6.35. The van der Waals surface area contributed by atoms with Crippen LogP contribution in [0.1, 0.15) is 24.3 Å². The van der Waals surface area contributed by atoms with Crippen molar-refractivity contribution in [3.63, 3.8) is 0 Å². The van der Waals surface area contributed by atoms with Crippen LogP contribution in [-0.4, -0.2) is 16.9 Å². The van der Waals surface area contributed by atoms with Crippen LogP contribution >= 0.6 is 11.6 Å². The molecule has 0 fully saturated rings. The molecule has 0 spiro atoms. The van der Waals surface area contributed by atoms with Gasteiger partial charge < -0.3 is 5.32 Å². The molecule has 0 saturated carbocycles. The third kappa shape index (κ3) is 2.56. The SMILES string of the molecule is CC(C)NC(=O)c1ccc2cccc(Cl)c2n1. The van der Waals surface area contributed by atoms with Gasteiger partial charge in [-0.05, 0) is 26.0 Å². The number of aromatic nitrogens is 1. The zero-order chi connectivity index (χ0) is 12.4. The maximum atomic E-state index is 11.8. The van der Waals surface area contributed by atoms with Gasteiger partial charge in [-0.2, -0.15) is 0 Å². The molecule has 3 nitrogen and oxygen atoms in total. The fourth-order valence-electron chi connectivity index (χ4n) is 1.57. The molecule has 4 heteroatoms. The Hall–Kier alpha value is -1.61. The molecule has 17 heavy (non-hydrogen) atoms. The molecule has 0 saturated heterocycles. The number of rotatable bonds is 2. The highest BCUT2D eigenvalue weighted by atomic mass is 35.5. The first-order valence-corrected chi connectivity index (χ1v) is 5.82. The van der Waals surface area contributed by atoms with Crippen LogP contribution in [0, 0.1) is 0 Å². The molecule has 2 aromatic rings. The minimum atomic E-state index is -0.179. The number of nitrogens with one attached hydrogen (secondary N) is 1. The monoisotopic (exact) mass is 248 g/mol. The highest BCUT2D eigenvalue weighted by Crippen LogP contribution is 2.21. The summed E-state index contributed by atoms with van der Waals surface area (Å²) in [4.78, 5) is 16.1. The van der Waals surface area contributed by atoms with E-state index in [-0.39, 0.29) is 11.9 Å². The van der Waals surface area contributed by atoms with Gasteiger partial charge in [0.05, 0.1) is 10.5 Å². The summed E-state index contributed by atoms with van der Waals surface area (Å²) in [5, 5.41) is 4.29. The molecule has 0 unspecified atom stereocenters. The number of halogens is 1. The van der Waals surface area contributed by atoms with Crippen molar-refractivity contribution in [2.24, 2.45) is 0 Å². The van der Waals surface area contributed by atoms with Gasteiger partial charge >= 0.3 is 0 Å². The number of carbonyl (C=O) groups excluding carboxylic acids is 1. The molecule has 1 N–H and O–H groups in total. The summed E-state index contributed by atoms with van der Waals surface area (Å²) >= 11 is 6.05. The van der Waals surface area contributed by atoms with Crippen molar-refractivity contribution >= 4 is 28.4 Å². The lowest BCUT2D eigenvalue weighted by molar-refractivity contribution is 0.0938. The normalized spacial score (nSPS) is 10.8. The van der Waals surface area contributed by atoms with Crippen LogP contribution in [0.15, 0.2) is 30.3 Å². The van der Waals surface area contributed by atoms with E-state index in [9.17, 15) is 4.79 Å². The molecule has 88 valence electrons. The first-order chi connectivity index (χ1) is 8.08. The maximum Gasteiger partial charge on any atom is 0.270 e. The molecule has 1 heterocycles. The molecule has 0 bridgehead atoms. The van der Waals surface area contributed by atoms with Gasteiger partial charge in [0.1, 0.15) is 5.69 Å². The first-order valence-electron chi connectivity index (χ1n) is 5.44. The average molecular weight is 249 g/mol. The lowest BCUT2D eigenvalue weighted by Crippen LogP contribution is -2.30. The van der Waals surface area contributed by atoms with E-state index >= 15 is 0 Å². The maximum absolute atomic E-state index is 11.8. The van der Waals surface area contributed by atoms with E-state index in [2.05, 4.69) is 10.3 Å². The number of fused-ring (bicyclic) bond motifs is 1. The summed E-state index contributed by atoms with van der Waals surface area (Å²) in [7, 11) is 0. The molecule has 1 aromatic heterocycles. The Morgan fingerprint density at radius 1 is 1.29 bits per heavy atom. The van der Waals surface area contributed by atoms with Crippen LogP contribution in [0.3, 0.4) is 0 Å². The van der Waals surface area contributed by atoms with E-state index in [0.29, 0.717) is 16.2 Å². The number of pyridine rings is 1. The molecular formula is C13H13ClN2O. The van der Waals surface area contributed by atoms with Crippen molar-refractivity contribution in [1.29, 1.82) is 0 Å². The van der Waals surface area contributed by atoms with Gasteiger partial charge in [0.2, 0.25) is 0 Å². The molecule has 0 aliphatic rings. The van der Waals surface area contributed by atoms with Crippen molar-refractivity contribution in [3.8, 4) is 0 Å². The van der Waals surface area contributed by atoms with Gasteiger partial charge in [0.25, 0.3) is 5.91 Å². The topological polar surface area (TPSA) is 42.0 Å². The standard InChI is InChI=1S/C13H13ClN2O/c1-8(2)15-13(17)11-7-6-9-4-3-5-10(14)12(9)16-11/h3-8H,1-2H3,(H,15,17). The number of carbonyl (C=O) groups is 1. The number of hydrogen-bond donors (Lipinski definition) is 1. The summed E-state index contributed by atoms with van der Waals surface area (Å²) in [6.07, 6.45) is 0. The molecule has 0 atom stereocenters. The summed E-state index contributed by atoms with van der Waals surface area (Å²) in [6.45, 7) is 3.82. The Kier molecular flexibility index (Phi) is 3.29. The molecule has 0 radical (unpaired) electrons. The van der Waals surface area contributed by atoms with E-state index in [4.69, 9.17) is 11.6 Å². The van der Waals surface area contributed by atoms with Crippen LogP contribution in [-0.2, 0) is 0 Å². The second-order valence-electron chi connectivity index (χ2n) is 4.14. The lowest BCUT2D eigenvalue weighted by atomic mass is 10.2. The van der Waals surface area contributed by atoms with Crippen LogP contribution in [0.2, 0.25) is 5.02 Å². The number of benzene rings is 1. The molecule has 0 aliphatic carbocycles. The van der Waals surface area contributed by atoms with Gasteiger partial charge in [0.15, 0.2) is 0 Å². The predicted molar refractivity (Wildman–Crippen MR) is 69.4 cm³/mol. The molecular weight excluding hydrogens is 236 g/mol. The summed E-state index contributed by atoms with van der Waals surface area (Å²) in [5.74, 6) is -0.179. The smallest absolute Gasteiger partial charge is 0.270 e. The largest absolute Gasteiger partial charge is 0.349 e. The van der Waals surface area contributed by atoms with Gasteiger partial charge in [-0.25, -0.2) is 4.98 Å². The Morgan fingerprint density at radius 2 is 2.06 bits per heavy atom. The lowest BCUT2D eigenvalue weighted by Gasteiger charge is -2.08. The van der Waals surface area contributed by atoms with E-state index in [1.165, 1.54) is 0 Å². The Balaban J connectivity index is 2.44. The Bertz CT molecular complexity index is 566. The van der Waals surface area contributed by atoms with E-state index in [0.717, 1.165) is 5.39 Å². The minimum absolute atomic E-state index is 0.0891. The number of para-hydroxylation sites is 1. The van der Waals surface area contributed by atoms with Crippen LogP contribution in [0.5, 0.6) is 0 Å². The summed E-state index contributed by atoms with van der Waals surface area (Å²) in [6, 6.07) is 9.19. The second-order valence-corrected chi connectivity index (χ2v) is 4.54. The summed E-state index contributed by atoms with van der Waals surface area (Å²) < 4.78 is 0. The zero-order valence-corrected chi connectivity index (χ0v) is 10.5. The number of amides is 1. The van der Waals surface area contributed by atoms with Crippen molar-refractivity contribution in [2.75, 3.05) is 0 Å². The Labute approximate surface area is 105 Å². The molecule has 0 aliphatic heterocycles. The second kappa shape index (κ2) is 4.72. The van der Waals surface area contributed by atoms with Crippen molar-refractivity contribution in [3.05, 3.63) is 41.0 Å². The van der Waals surface area contributed by atoms with E-state index in [1.807, 2.05) is 32.0 Å². The third-order valence-corrected chi connectivity index (χ3v) is 2.63. The van der Waals surface area contributed by atoms with Crippen molar-refractivity contribution in [2.45, 2.75) is 19.9 Å². The van der Waals surface area contributed by atoms with Gasteiger partial charge in [-0.3, -0.25) is 4.79 Å². The summed E-state index contributed by atoms with van der Waals surface area (Å²) in [5.41, 5.74) is 1.05. The van der Waals surface area contributed by atoms with Crippen LogP contribution in [0.25, 0.3) is 10.9 Å². The number of nitrogens with zero attached hydrogens (tertiary/aromatic N) is 1. The van der Waals surface area contributed by atoms with Gasteiger partial charge in [-0.15, -0.1) is 0 Å².